The molecule has 2 aromatic carbocycles. The van der Waals surface area contributed by atoms with Crippen molar-refractivity contribution >= 4 is 17.4 Å². The predicted octanol–water partition coefficient (Wildman–Crippen LogP) is 3.82. The van der Waals surface area contributed by atoms with Crippen LogP contribution >= 0.6 is 0 Å². The molecule has 28 heavy (non-hydrogen) atoms. The Morgan fingerprint density at radius 2 is 1.93 bits per heavy atom. The second-order valence-corrected chi connectivity index (χ2v) is 6.66. The summed E-state index contributed by atoms with van der Waals surface area (Å²) in [5.41, 5.74) is 2.68. The Morgan fingerprint density at radius 1 is 1.18 bits per heavy atom. The molecule has 0 atom stereocenters. The summed E-state index contributed by atoms with van der Waals surface area (Å²) in [6.45, 7) is 2.19. The van der Waals surface area contributed by atoms with Crippen molar-refractivity contribution in [3.8, 4) is 17.2 Å². The number of aromatic nitrogens is 1. The highest BCUT2D eigenvalue weighted by Crippen LogP contribution is 2.28. The highest BCUT2D eigenvalue weighted by atomic mass is 16.5. The number of carbonyl (C=O) groups excluding carboxylic acids is 2. The molecule has 2 heterocycles. The summed E-state index contributed by atoms with van der Waals surface area (Å²) in [7, 11) is 1.61. The van der Waals surface area contributed by atoms with Crippen LogP contribution in [0.1, 0.15) is 28.2 Å². The lowest BCUT2D eigenvalue weighted by Gasteiger charge is -2.28. The minimum atomic E-state index is -0.0994. The fraction of sp³-hybridized carbons (Fsp3) is 0.227. The van der Waals surface area contributed by atoms with Gasteiger partial charge in [0.05, 0.1) is 24.9 Å². The van der Waals surface area contributed by atoms with Gasteiger partial charge in [-0.25, -0.2) is 4.98 Å². The number of anilines is 1. The van der Waals surface area contributed by atoms with Gasteiger partial charge >= 0.3 is 0 Å². The molecule has 142 valence electrons. The highest BCUT2D eigenvalue weighted by molar-refractivity contribution is 6.09. The lowest BCUT2D eigenvalue weighted by molar-refractivity contribution is -0.118. The number of benzene rings is 2. The van der Waals surface area contributed by atoms with E-state index in [9.17, 15) is 9.59 Å². The Kier molecular flexibility index (Phi) is 4.69. The zero-order valence-electron chi connectivity index (χ0n) is 15.8. The molecule has 6 heteroatoms. The van der Waals surface area contributed by atoms with Gasteiger partial charge in [0, 0.05) is 24.1 Å². The fourth-order valence-electron chi connectivity index (χ4n) is 3.36. The molecule has 1 aliphatic rings. The number of oxazole rings is 1. The maximum Gasteiger partial charge on any atom is 0.233 e. The first-order valence-electron chi connectivity index (χ1n) is 9.10. The van der Waals surface area contributed by atoms with Crippen LogP contribution in [0, 0.1) is 6.92 Å². The number of methoxy groups -OCH3 is 1. The van der Waals surface area contributed by atoms with Crippen molar-refractivity contribution in [3.05, 3.63) is 65.5 Å². The van der Waals surface area contributed by atoms with E-state index in [0.717, 1.165) is 11.3 Å². The van der Waals surface area contributed by atoms with Crippen molar-refractivity contribution in [1.29, 1.82) is 0 Å². The molecule has 0 radical (unpaired) electrons. The van der Waals surface area contributed by atoms with Crippen molar-refractivity contribution in [3.63, 3.8) is 0 Å². The Hall–Kier alpha value is -3.41. The fourth-order valence-corrected chi connectivity index (χ4v) is 3.36. The minimum absolute atomic E-state index is 0.0686. The molecule has 6 nitrogen and oxygen atoms in total. The number of rotatable bonds is 4. The Balaban J connectivity index is 1.56. The summed E-state index contributed by atoms with van der Waals surface area (Å²) >= 11 is 0. The standard InChI is InChI=1S/C22H20N2O4/c1-14-18(23-22(28-14)15-7-9-16(27-2)10-8-15)13-21(26)24-12-11-20(25)17-5-3-4-6-19(17)24/h3-10H,11-13H2,1-2H3. The van der Waals surface area contributed by atoms with E-state index >= 15 is 0 Å². The summed E-state index contributed by atoms with van der Waals surface area (Å²) in [6, 6.07) is 14.6. The SMILES string of the molecule is COc1ccc(-c2nc(CC(=O)N3CCC(=O)c4ccccc43)c(C)o2)cc1. The molecule has 0 unspecified atom stereocenters. The van der Waals surface area contributed by atoms with Crippen molar-refractivity contribution in [2.75, 3.05) is 18.6 Å². The van der Waals surface area contributed by atoms with Gasteiger partial charge in [-0.3, -0.25) is 9.59 Å². The van der Waals surface area contributed by atoms with Gasteiger partial charge in [-0.2, -0.15) is 0 Å². The van der Waals surface area contributed by atoms with Crippen LogP contribution in [0.3, 0.4) is 0 Å². The number of hydrogen-bond donors (Lipinski definition) is 0. The van der Waals surface area contributed by atoms with Gasteiger partial charge in [0.1, 0.15) is 11.5 Å². The molecule has 0 saturated heterocycles. The van der Waals surface area contributed by atoms with Gasteiger partial charge in [0.25, 0.3) is 0 Å². The average Bonchev–Trinajstić information content (AvgIpc) is 3.08. The first-order valence-corrected chi connectivity index (χ1v) is 9.10. The highest BCUT2D eigenvalue weighted by Gasteiger charge is 2.28. The maximum atomic E-state index is 12.9. The molecule has 4 rings (SSSR count). The quantitative estimate of drug-likeness (QED) is 0.692. The zero-order chi connectivity index (χ0) is 19.7. The molecule has 3 aromatic rings. The Labute approximate surface area is 162 Å². The number of fused-ring (bicyclic) bond motifs is 1. The third kappa shape index (κ3) is 3.29. The number of carbonyl (C=O) groups is 2. The van der Waals surface area contributed by atoms with Crippen LogP contribution in [-0.4, -0.2) is 30.3 Å². The third-order valence-corrected chi connectivity index (χ3v) is 4.91. The van der Waals surface area contributed by atoms with Crippen molar-refractivity contribution in [2.45, 2.75) is 19.8 Å². The monoisotopic (exact) mass is 376 g/mol. The lowest BCUT2D eigenvalue weighted by Crippen LogP contribution is -2.38. The number of hydrogen-bond acceptors (Lipinski definition) is 5. The number of Topliss-reactive ketones (excluding diaryl/α,β-unsaturated/α-hetero) is 1. The second kappa shape index (κ2) is 7.31. The molecule has 1 amide bonds. The number of nitrogens with zero attached hydrogens (tertiary/aromatic N) is 2. The van der Waals surface area contributed by atoms with Crippen molar-refractivity contribution in [2.24, 2.45) is 0 Å². The van der Waals surface area contributed by atoms with E-state index < -0.39 is 0 Å². The Bertz CT molecular complexity index is 1040. The van der Waals surface area contributed by atoms with Crippen molar-refractivity contribution < 1.29 is 18.7 Å². The van der Waals surface area contributed by atoms with Crippen LogP contribution in [0.5, 0.6) is 5.75 Å². The third-order valence-electron chi connectivity index (χ3n) is 4.91. The van der Waals surface area contributed by atoms with E-state index in [4.69, 9.17) is 9.15 Å². The number of para-hydroxylation sites is 1. The smallest absolute Gasteiger partial charge is 0.233 e. The first-order chi connectivity index (χ1) is 13.6. The van der Waals surface area contributed by atoms with E-state index in [1.807, 2.05) is 42.5 Å². The van der Waals surface area contributed by atoms with Crippen LogP contribution < -0.4 is 9.64 Å². The number of ketones is 1. The maximum absolute atomic E-state index is 12.9. The van der Waals surface area contributed by atoms with E-state index in [1.54, 1.807) is 25.0 Å². The molecule has 0 aliphatic carbocycles. The van der Waals surface area contributed by atoms with Gasteiger partial charge < -0.3 is 14.1 Å². The zero-order valence-corrected chi connectivity index (χ0v) is 15.8. The molecule has 0 spiro atoms. The van der Waals surface area contributed by atoms with Gasteiger partial charge in [0.2, 0.25) is 11.8 Å². The summed E-state index contributed by atoms with van der Waals surface area (Å²) in [5.74, 6) is 1.80. The van der Waals surface area contributed by atoms with Crippen LogP contribution in [0.2, 0.25) is 0 Å². The van der Waals surface area contributed by atoms with Gasteiger partial charge in [-0.1, -0.05) is 12.1 Å². The van der Waals surface area contributed by atoms with E-state index in [2.05, 4.69) is 4.98 Å². The van der Waals surface area contributed by atoms with Gasteiger partial charge in [0.15, 0.2) is 5.78 Å². The van der Waals surface area contributed by atoms with E-state index in [-0.39, 0.29) is 18.1 Å². The van der Waals surface area contributed by atoms with Crippen LogP contribution in [0.25, 0.3) is 11.5 Å². The Morgan fingerprint density at radius 3 is 2.68 bits per heavy atom. The second-order valence-electron chi connectivity index (χ2n) is 6.66. The summed E-state index contributed by atoms with van der Waals surface area (Å²) < 4.78 is 10.9. The molecule has 0 saturated carbocycles. The average molecular weight is 376 g/mol. The summed E-state index contributed by atoms with van der Waals surface area (Å²) in [6.07, 6.45) is 0.450. The van der Waals surface area contributed by atoms with Crippen LogP contribution in [0.4, 0.5) is 5.69 Å². The van der Waals surface area contributed by atoms with E-state index in [1.165, 1.54) is 0 Å². The molecule has 1 aromatic heterocycles. The topological polar surface area (TPSA) is 72.6 Å². The summed E-state index contributed by atoms with van der Waals surface area (Å²) in [5, 5.41) is 0. The lowest BCUT2D eigenvalue weighted by atomic mass is 10.00. The number of ether oxygens (including phenoxy) is 1. The van der Waals surface area contributed by atoms with Crippen molar-refractivity contribution in [1.82, 2.24) is 4.98 Å². The van der Waals surface area contributed by atoms with E-state index in [0.29, 0.717) is 41.6 Å². The predicted molar refractivity (Wildman–Crippen MR) is 105 cm³/mol. The largest absolute Gasteiger partial charge is 0.497 e. The summed E-state index contributed by atoms with van der Waals surface area (Å²) in [4.78, 5) is 31.2. The van der Waals surface area contributed by atoms with Gasteiger partial charge in [-0.05, 0) is 43.3 Å². The molecular weight excluding hydrogens is 356 g/mol. The van der Waals surface area contributed by atoms with Gasteiger partial charge in [-0.15, -0.1) is 0 Å². The molecular formula is C22H20N2O4. The molecule has 1 aliphatic heterocycles. The molecule has 0 N–H and O–H groups in total. The minimum Gasteiger partial charge on any atom is -0.497 e. The first kappa shape index (κ1) is 18.0. The molecule has 0 bridgehead atoms. The van der Waals surface area contributed by atoms with Crippen LogP contribution in [0.15, 0.2) is 52.9 Å². The molecule has 0 fully saturated rings. The number of aryl methyl sites for hydroxylation is 1. The normalized spacial score (nSPS) is 13.4. The van der Waals surface area contributed by atoms with Crippen LogP contribution in [-0.2, 0) is 11.2 Å². The number of amides is 1.